The maximum Gasteiger partial charge on any atom is 0.242 e. The Morgan fingerprint density at radius 2 is 1.81 bits per heavy atom. The van der Waals surface area contributed by atoms with E-state index in [2.05, 4.69) is 0 Å². The molecular formula is C16H22N2O3. The number of carbonyl (C=O) groups excluding carboxylic acids is 1. The number of nitrogens with zero attached hydrogens (tertiary/aromatic N) is 1. The molecular weight excluding hydrogens is 268 g/mol. The summed E-state index contributed by atoms with van der Waals surface area (Å²) in [5, 5.41) is 0. The third kappa shape index (κ3) is 2.35. The second-order valence-corrected chi connectivity index (χ2v) is 5.96. The summed E-state index contributed by atoms with van der Waals surface area (Å²) in [5.74, 6) is 1.54. The van der Waals surface area contributed by atoms with E-state index in [0.29, 0.717) is 12.3 Å². The van der Waals surface area contributed by atoms with Crippen molar-refractivity contribution in [2.24, 2.45) is 5.73 Å². The summed E-state index contributed by atoms with van der Waals surface area (Å²) >= 11 is 0. The average molecular weight is 290 g/mol. The minimum Gasteiger partial charge on any atom is -0.493 e. The lowest BCUT2D eigenvalue weighted by atomic mass is 9.76. The molecule has 0 unspecified atom stereocenters. The molecule has 1 amide bonds. The van der Waals surface area contributed by atoms with Gasteiger partial charge in [0.05, 0.1) is 19.8 Å². The van der Waals surface area contributed by atoms with Crippen LogP contribution in [0.3, 0.4) is 0 Å². The van der Waals surface area contributed by atoms with E-state index in [9.17, 15) is 4.79 Å². The van der Waals surface area contributed by atoms with Crippen molar-refractivity contribution in [3.8, 4) is 11.5 Å². The molecule has 0 bridgehead atoms. The van der Waals surface area contributed by atoms with Crippen molar-refractivity contribution in [2.45, 2.75) is 37.8 Å². The predicted octanol–water partition coefficient (Wildman–Crippen LogP) is 1.47. The molecule has 5 nitrogen and oxygen atoms in total. The minimum atomic E-state index is -0.617. The molecule has 1 saturated carbocycles. The number of hydrogen-bond donors (Lipinski definition) is 1. The largest absolute Gasteiger partial charge is 0.493 e. The van der Waals surface area contributed by atoms with Crippen molar-refractivity contribution in [3.63, 3.8) is 0 Å². The fourth-order valence-electron chi connectivity index (χ4n) is 3.14. The number of amides is 1. The Balaban J connectivity index is 1.83. The van der Waals surface area contributed by atoms with Crippen LogP contribution in [0.2, 0.25) is 0 Å². The summed E-state index contributed by atoms with van der Waals surface area (Å²) in [4.78, 5) is 14.4. The first-order valence-electron chi connectivity index (χ1n) is 7.39. The smallest absolute Gasteiger partial charge is 0.242 e. The van der Waals surface area contributed by atoms with E-state index >= 15 is 0 Å². The van der Waals surface area contributed by atoms with Gasteiger partial charge in [-0.15, -0.1) is 0 Å². The van der Waals surface area contributed by atoms with Crippen molar-refractivity contribution in [3.05, 3.63) is 23.3 Å². The van der Waals surface area contributed by atoms with Crippen LogP contribution in [-0.2, 0) is 17.8 Å². The number of ether oxygens (including phenoxy) is 2. The first-order valence-corrected chi connectivity index (χ1v) is 7.39. The molecule has 2 N–H and O–H groups in total. The Bertz CT molecular complexity index is 567. The Morgan fingerprint density at radius 3 is 2.33 bits per heavy atom. The summed E-state index contributed by atoms with van der Waals surface area (Å²) in [6.45, 7) is 1.33. The van der Waals surface area contributed by atoms with Crippen LogP contribution in [0.15, 0.2) is 12.1 Å². The normalized spacial score (nSPS) is 19.5. The molecule has 21 heavy (non-hydrogen) atoms. The lowest BCUT2D eigenvalue weighted by Gasteiger charge is -2.42. The van der Waals surface area contributed by atoms with Gasteiger partial charge >= 0.3 is 0 Å². The van der Waals surface area contributed by atoms with Crippen LogP contribution >= 0.6 is 0 Å². The van der Waals surface area contributed by atoms with E-state index in [1.54, 1.807) is 14.2 Å². The van der Waals surface area contributed by atoms with Gasteiger partial charge in [0.1, 0.15) is 0 Å². The molecule has 1 heterocycles. The number of hydrogen-bond acceptors (Lipinski definition) is 4. The van der Waals surface area contributed by atoms with Crippen molar-refractivity contribution < 1.29 is 14.3 Å². The summed E-state index contributed by atoms with van der Waals surface area (Å²) in [5.41, 5.74) is 7.89. The Morgan fingerprint density at radius 1 is 1.19 bits per heavy atom. The molecule has 114 valence electrons. The van der Waals surface area contributed by atoms with Crippen molar-refractivity contribution in [1.29, 1.82) is 0 Å². The van der Waals surface area contributed by atoms with Crippen molar-refractivity contribution >= 4 is 5.91 Å². The fourth-order valence-corrected chi connectivity index (χ4v) is 3.14. The number of nitrogens with two attached hydrogens (primary N) is 1. The Labute approximate surface area is 125 Å². The van der Waals surface area contributed by atoms with Crippen LogP contribution in [0.4, 0.5) is 0 Å². The minimum absolute atomic E-state index is 0.0918. The molecule has 3 rings (SSSR count). The van der Waals surface area contributed by atoms with E-state index in [4.69, 9.17) is 15.2 Å². The summed E-state index contributed by atoms with van der Waals surface area (Å²) in [6, 6.07) is 3.98. The van der Waals surface area contributed by atoms with Gasteiger partial charge in [-0.3, -0.25) is 4.79 Å². The zero-order valence-electron chi connectivity index (χ0n) is 12.6. The standard InChI is InChI=1S/C16H22N2O3/c1-20-13-8-11-4-7-18(10-12(11)9-14(13)21-2)15(19)16(17)5-3-6-16/h8-9H,3-7,10,17H2,1-2H3. The second-order valence-electron chi connectivity index (χ2n) is 5.96. The van der Waals surface area contributed by atoms with Crippen LogP contribution in [0.25, 0.3) is 0 Å². The third-order valence-electron chi connectivity index (χ3n) is 4.68. The molecule has 1 aromatic carbocycles. The van der Waals surface area contributed by atoms with Crippen LogP contribution in [-0.4, -0.2) is 37.1 Å². The first kappa shape index (κ1) is 14.2. The summed E-state index contributed by atoms with van der Waals surface area (Å²) < 4.78 is 10.7. The predicted molar refractivity (Wildman–Crippen MR) is 79.4 cm³/mol. The molecule has 2 aliphatic rings. The van der Waals surface area contributed by atoms with Crippen LogP contribution in [0, 0.1) is 0 Å². The van der Waals surface area contributed by atoms with Crippen LogP contribution in [0.1, 0.15) is 30.4 Å². The number of benzene rings is 1. The van der Waals surface area contributed by atoms with E-state index in [1.165, 1.54) is 5.56 Å². The summed E-state index contributed by atoms with van der Waals surface area (Å²) in [7, 11) is 3.26. The Hall–Kier alpha value is -1.75. The molecule has 0 spiro atoms. The third-order valence-corrected chi connectivity index (χ3v) is 4.68. The van der Waals surface area contributed by atoms with Crippen LogP contribution in [0.5, 0.6) is 11.5 Å². The number of carbonyl (C=O) groups is 1. The highest BCUT2D eigenvalue weighted by atomic mass is 16.5. The highest BCUT2D eigenvalue weighted by Gasteiger charge is 2.43. The van der Waals surface area contributed by atoms with Gasteiger partial charge in [-0.25, -0.2) is 0 Å². The SMILES string of the molecule is COc1cc2c(cc1OC)CN(C(=O)C1(N)CCC1)CC2. The van der Waals surface area contributed by atoms with Crippen molar-refractivity contribution in [1.82, 2.24) is 4.90 Å². The monoisotopic (exact) mass is 290 g/mol. The molecule has 1 aliphatic carbocycles. The van der Waals surface area contributed by atoms with E-state index in [1.807, 2.05) is 17.0 Å². The summed E-state index contributed by atoms with van der Waals surface area (Å²) in [6.07, 6.45) is 3.50. The highest BCUT2D eigenvalue weighted by molar-refractivity contribution is 5.87. The molecule has 5 heteroatoms. The zero-order valence-corrected chi connectivity index (χ0v) is 12.6. The van der Waals surface area contributed by atoms with Crippen molar-refractivity contribution in [2.75, 3.05) is 20.8 Å². The lowest BCUT2D eigenvalue weighted by molar-refractivity contribution is -0.141. The topological polar surface area (TPSA) is 64.8 Å². The fraction of sp³-hybridized carbons (Fsp3) is 0.562. The molecule has 1 aliphatic heterocycles. The van der Waals surface area contributed by atoms with Gasteiger partial charge < -0.3 is 20.1 Å². The number of methoxy groups -OCH3 is 2. The van der Waals surface area contributed by atoms with E-state index in [-0.39, 0.29) is 5.91 Å². The second kappa shape index (κ2) is 5.22. The van der Waals surface area contributed by atoms with Gasteiger partial charge in [0.2, 0.25) is 5.91 Å². The Kier molecular flexibility index (Phi) is 3.53. The average Bonchev–Trinajstić information content (AvgIpc) is 2.49. The quantitative estimate of drug-likeness (QED) is 0.915. The molecule has 0 aromatic heterocycles. The first-order chi connectivity index (χ1) is 10.1. The number of fused-ring (bicyclic) bond motifs is 1. The number of rotatable bonds is 3. The van der Waals surface area contributed by atoms with Gasteiger partial charge in [0.15, 0.2) is 11.5 Å². The maximum absolute atomic E-state index is 12.5. The zero-order chi connectivity index (χ0) is 15.0. The molecule has 1 aromatic rings. The van der Waals surface area contributed by atoms with E-state index < -0.39 is 5.54 Å². The van der Waals surface area contributed by atoms with Gasteiger partial charge in [0, 0.05) is 13.1 Å². The molecule has 0 radical (unpaired) electrons. The maximum atomic E-state index is 12.5. The lowest BCUT2D eigenvalue weighted by Crippen LogP contribution is -2.60. The van der Waals surface area contributed by atoms with Gasteiger partial charge in [-0.1, -0.05) is 0 Å². The van der Waals surface area contributed by atoms with Gasteiger partial charge in [-0.05, 0) is 48.9 Å². The van der Waals surface area contributed by atoms with Crippen LogP contribution < -0.4 is 15.2 Å². The van der Waals surface area contributed by atoms with Gasteiger partial charge in [-0.2, -0.15) is 0 Å². The highest BCUT2D eigenvalue weighted by Crippen LogP contribution is 2.36. The molecule has 1 fully saturated rings. The molecule has 0 saturated heterocycles. The van der Waals surface area contributed by atoms with Gasteiger partial charge in [0.25, 0.3) is 0 Å². The molecule has 0 atom stereocenters. The van der Waals surface area contributed by atoms with E-state index in [0.717, 1.165) is 43.5 Å².